The van der Waals surface area contributed by atoms with Gasteiger partial charge in [-0.05, 0) is 23.1 Å². The summed E-state index contributed by atoms with van der Waals surface area (Å²) in [5, 5.41) is 3.33. The fourth-order valence-electron chi connectivity index (χ4n) is 3.37. The largest absolute Gasteiger partial charge is 0.350 e. The lowest BCUT2D eigenvalue weighted by atomic mass is 9.86. The van der Waals surface area contributed by atoms with Crippen molar-refractivity contribution in [3.05, 3.63) is 35.0 Å². The van der Waals surface area contributed by atoms with Crippen LogP contribution in [0.3, 0.4) is 0 Å². The minimum atomic E-state index is -1.26. The number of carbonyl (C=O) groups excluding carboxylic acids is 2. The Kier molecular flexibility index (Phi) is 6.74. The summed E-state index contributed by atoms with van der Waals surface area (Å²) in [5.74, 6) is -0.841. The van der Waals surface area contributed by atoms with Crippen molar-refractivity contribution in [2.75, 3.05) is 6.54 Å². The highest BCUT2D eigenvalue weighted by molar-refractivity contribution is 6.99. The third kappa shape index (κ3) is 4.96. The van der Waals surface area contributed by atoms with Crippen molar-refractivity contribution in [1.29, 1.82) is 0 Å². The molecule has 2 aromatic rings. The molecule has 2 heterocycles. The van der Waals surface area contributed by atoms with Crippen LogP contribution in [0.2, 0.25) is 5.02 Å². The maximum absolute atomic E-state index is 14.1. The van der Waals surface area contributed by atoms with E-state index in [4.69, 9.17) is 17.3 Å². The molecule has 3 N–H and O–H groups in total. The molecule has 2 amide bonds. The lowest BCUT2D eigenvalue weighted by Crippen LogP contribution is -2.54. The summed E-state index contributed by atoms with van der Waals surface area (Å²) in [6, 6.07) is 3.56. The molecule has 0 radical (unpaired) electrons. The van der Waals surface area contributed by atoms with Gasteiger partial charge >= 0.3 is 0 Å². The molecule has 0 spiro atoms. The maximum atomic E-state index is 14.1. The number of amides is 2. The smallest absolute Gasteiger partial charge is 0.243 e. The third-order valence-electron chi connectivity index (χ3n) is 5.19. The molecule has 3 rings (SSSR count). The minimum Gasteiger partial charge on any atom is -0.350 e. The van der Waals surface area contributed by atoms with E-state index in [9.17, 15) is 14.0 Å². The van der Waals surface area contributed by atoms with Crippen LogP contribution >= 0.6 is 23.3 Å². The van der Waals surface area contributed by atoms with Crippen molar-refractivity contribution in [2.45, 2.75) is 52.0 Å². The second kappa shape index (κ2) is 8.95. The molecule has 3 atom stereocenters. The average Bonchev–Trinajstić information content (AvgIpc) is 3.34. The lowest BCUT2D eigenvalue weighted by Gasteiger charge is -2.32. The highest BCUT2D eigenvalue weighted by atomic mass is 35.5. The summed E-state index contributed by atoms with van der Waals surface area (Å²) in [6.45, 7) is 5.53. The van der Waals surface area contributed by atoms with Crippen molar-refractivity contribution < 1.29 is 14.0 Å². The fraction of sp³-hybridized carbons (Fsp3) is 0.500. The molecule has 30 heavy (non-hydrogen) atoms. The summed E-state index contributed by atoms with van der Waals surface area (Å²) in [5.41, 5.74) is 7.80. The normalized spacial score (nSPS) is 20.3. The van der Waals surface area contributed by atoms with Gasteiger partial charge in [0.2, 0.25) is 11.8 Å². The number of aromatic nitrogens is 2. The standard InChI is InChI=1S/C20H25ClFN5O2S/c1-20(2,3)17(23)19(29)27-10-13(22)7-16(27)18(28)24-8-11-6-12(21)4-5-14(11)15-9-25-30-26-15/h4-6,9,13,16-17H,7-8,10,23H2,1-3H3,(H,24,28)/t13-,16+,17+/m1/s1. The van der Waals surface area contributed by atoms with Crippen LogP contribution in [0.15, 0.2) is 24.4 Å². The zero-order valence-corrected chi connectivity index (χ0v) is 18.6. The molecule has 1 aliphatic heterocycles. The number of benzene rings is 1. The Hall–Kier alpha value is -2.10. The molecule has 0 aliphatic carbocycles. The fourth-order valence-corrected chi connectivity index (χ4v) is 3.99. The molecule has 162 valence electrons. The van der Waals surface area contributed by atoms with Gasteiger partial charge in [-0.1, -0.05) is 38.4 Å². The van der Waals surface area contributed by atoms with E-state index < -0.39 is 35.5 Å². The van der Waals surface area contributed by atoms with Crippen molar-refractivity contribution >= 4 is 35.1 Å². The molecule has 0 unspecified atom stereocenters. The predicted octanol–water partition coefficient (Wildman–Crippen LogP) is 2.79. The summed E-state index contributed by atoms with van der Waals surface area (Å²) >= 11 is 7.20. The first kappa shape index (κ1) is 22.6. The van der Waals surface area contributed by atoms with Crippen LogP contribution in [0.4, 0.5) is 4.39 Å². The average molecular weight is 454 g/mol. The number of nitrogens with zero attached hydrogens (tertiary/aromatic N) is 3. The Morgan fingerprint density at radius 1 is 1.43 bits per heavy atom. The first-order chi connectivity index (χ1) is 14.1. The maximum Gasteiger partial charge on any atom is 0.243 e. The number of nitrogens with one attached hydrogen (secondary N) is 1. The van der Waals surface area contributed by atoms with Crippen LogP contribution < -0.4 is 11.1 Å². The van der Waals surface area contributed by atoms with E-state index in [1.807, 2.05) is 26.8 Å². The number of carbonyl (C=O) groups is 2. The van der Waals surface area contributed by atoms with Gasteiger partial charge in [0.25, 0.3) is 0 Å². The number of alkyl halides is 1. The van der Waals surface area contributed by atoms with Crippen molar-refractivity contribution in [1.82, 2.24) is 19.0 Å². The number of rotatable bonds is 5. The molecule has 1 saturated heterocycles. The highest BCUT2D eigenvalue weighted by Crippen LogP contribution is 2.27. The summed E-state index contributed by atoms with van der Waals surface area (Å²) in [7, 11) is 0. The predicted molar refractivity (Wildman–Crippen MR) is 115 cm³/mol. The van der Waals surface area contributed by atoms with Gasteiger partial charge < -0.3 is 16.0 Å². The molecule has 10 heteroatoms. The first-order valence-electron chi connectivity index (χ1n) is 9.62. The van der Waals surface area contributed by atoms with Gasteiger partial charge in [-0.25, -0.2) is 4.39 Å². The number of nitrogens with two attached hydrogens (primary N) is 1. The quantitative estimate of drug-likeness (QED) is 0.724. The molecule has 7 nitrogen and oxygen atoms in total. The lowest BCUT2D eigenvalue weighted by molar-refractivity contribution is -0.141. The van der Waals surface area contributed by atoms with Crippen LogP contribution in [0, 0.1) is 5.41 Å². The highest BCUT2D eigenvalue weighted by Gasteiger charge is 2.43. The summed E-state index contributed by atoms with van der Waals surface area (Å²) in [6.07, 6.45) is 0.324. The van der Waals surface area contributed by atoms with E-state index in [0.29, 0.717) is 10.7 Å². The van der Waals surface area contributed by atoms with Crippen LogP contribution in [0.1, 0.15) is 32.8 Å². The number of hydrogen-bond acceptors (Lipinski definition) is 6. The topological polar surface area (TPSA) is 101 Å². The van der Waals surface area contributed by atoms with Crippen LogP contribution in [-0.4, -0.2) is 50.3 Å². The Balaban J connectivity index is 1.74. The molecule has 1 aromatic carbocycles. The van der Waals surface area contributed by atoms with Gasteiger partial charge in [0.05, 0.1) is 30.5 Å². The van der Waals surface area contributed by atoms with Crippen LogP contribution in [0.5, 0.6) is 0 Å². The zero-order valence-electron chi connectivity index (χ0n) is 17.1. The molecular weight excluding hydrogens is 429 g/mol. The van der Waals surface area contributed by atoms with Gasteiger partial charge in [-0.3, -0.25) is 9.59 Å². The first-order valence-corrected chi connectivity index (χ1v) is 10.7. The van der Waals surface area contributed by atoms with Gasteiger partial charge in [-0.2, -0.15) is 8.75 Å². The van der Waals surface area contributed by atoms with E-state index >= 15 is 0 Å². The third-order valence-corrected chi connectivity index (χ3v) is 5.91. The van der Waals surface area contributed by atoms with E-state index in [-0.39, 0.29) is 19.5 Å². The zero-order chi connectivity index (χ0) is 22.1. The molecule has 0 saturated carbocycles. The van der Waals surface area contributed by atoms with E-state index in [0.717, 1.165) is 22.9 Å². The van der Waals surface area contributed by atoms with E-state index in [2.05, 4.69) is 14.1 Å². The SMILES string of the molecule is CC(C)(C)[C@@H](N)C(=O)N1C[C@H](F)C[C@H]1C(=O)NCc1cc(Cl)ccc1-c1cnsn1. The second-order valence-corrected chi connectivity index (χ2v) is 9.49. The van der Waals surface area contributed by atoms with Crippen molar-refractivity contribution in [3.8, 4) is 11.3 Å². The van der Waals surface area contributed by atoms with Gasteiger partial charge in [0, 0.05) is 23.6 Å². The summed E-state index contributed by atoms with van der Waals surface area (Å²) in [4.78, 5) is 26.9. The molecule has 1 fully saturated rings. The van der Waals surface area contributed by atoms with E-state index in [1.165, 1.54) is 4.90 Å². The van der Waals surface area contributed by atoms with Crippen molar-refractivity contribution in [2.24, 2.45) is 11.1 Å². The molecule has 0 bridgehead atoms. The number of halogens is 2. The van der Waals surface area contributed by atoms with E-state index in [1.54, 1.807) is 18.3 Å². The van der Waals surface area contributed by atoms with Crippen molar-refractivity contribution in [3.63, 3.8) is 0 Å². The molecule has 1 aromatic heterocycles. The van der Waals surface area contributed by atoms with Crippen LogP contribution in [-0.2, 0) is 16.1 Å². The van der Waals surface area contributed by atoms with Gasteiger partial charge in [0.15, 0.2) is 0 Å². The monoisotopic (exact) mass is 453 g/mol. The number of hydrogen-bond donors (Lipinski definition) is 2. The molecular formula is C20H25ClFN5O2S. The second-order valence-electron chi connectivity index (χ2n) is 8.50. The minimum absolute atomic E-state index is 0.0488. The molecule has 1 aliphatic rings. The Morgan fingerprint density at radius 3 is 2.80 bits per heavy atom. The summed E-state index contributed by atoms with van der Waals surface area (Å²) < 4.78 is 22.4. The Bertz CT molecular complexity index is 918. The van der Waals surface area contributed by atoms with Gasteiger partial charge in [-0.15, -0.1) is 0 Å². The number of likely N-dealkylation sites (tertiary alicyclic amines) is 1. The van der Waals surface area contributed by atoms with Crippen LogP contribution in [0.25, 0.3) is 11.3 Å². The Labute approximate surface area is 184 Å². The van der Waals surface area contributed by atoms with Gasteiger partial charge in [0.1, 0.15) is 17.9 Å². The Morgan fingerprint density at radius 2 is 2.17 bits per heavy atom.